The van der Waals surface area contributed by atoms with Crippen LogP contribution in [0.1, 0.15) is 24.8 Å². The molecular weight excluding hydrogens is 636 g/mol. The van der Waals surface area contributed by atoms with Crippen LogP contribution in [0, 0.1) is 11.7 Å². The van der Waals surface area contributed by atoms with Crippen LogP contribution in [0.25, 0.3) is 0 Å². The Morgan fingerprint density at radius 1 is 0.767 bits per heavy atom. The van der Waals surface area contributed by atoms with Crippen molar-refractivity contribution in [2.24, 2.45) is 5.92 Å². The zero-order valence-electron chi connectivity index (χ0n) is 22.6. The third kappa shape index (κ3) is 7.66. The molecule has 0 saturated carbocycles. The summed E-state index contributed by atoms with van der Waals surface area (Å²) in [5.41, 5.74) is -6.81. The Morgan fingerprint density at radius 2 is 1.28 bits per heavy atom. The zero-order chi connectivity index (χ0) is 32.4. The Balaban J connectivity index is 0.000000271. The number of hydrogen-bond donors (Lipinski definition) is 0. The van der Waals surface area contributed by atoms with Gasteiger partial charge in [0.25, 0.3) is 0 Å². The fraction of sp³-hybridized carbons (Fsp3) is 0.500. The van der Waals surface area contributed by atoms with E-state index in [4.69, 9.17) is 0 Å². The van der Waals surface area contributed by atoms with E-state index < -0.39 is 54.5 Å². The van der Waals surface area contributed by atoms with Crippen LogP contribution >= 0.6 is 0 Å². The molecule has 0 N–H and O–H groups in total. The van der Waals surface area contributed by atoms with Crippen molar-refractivity contribution in [3.05, 3.63) is 66.0 Å². The van der Waals surface area contributed by atoms with Crippen molar-refractivity contribution in [2.75, 3.05) is 32.4 Å². The minimum absolute atomic E-state index is 0.0599. The van der Waals surface area contributed by atoms with E-state index in [-0.39, 0.29) is 23.3 Å². The van der Waals surface area contributed by atoms with Crippen molar-refractivity contribution in [1.29, 1.82) is 0 Å². The van der Waals surface area contributed by atoms with Gasteiger partial charge in [0.2, 0.25) is 15.9 Å². The molecule has 17 heteroatoms. The van der Waals surface area contributed by atoms with Gasteiger partial charge in [0.15, 0.2) is 9.84 Å². The highest BCUT2D eigenvalue weighted by molar-refractivity contribution is 7.92. The predicted molar refractivity (Wildman–Crippen MR) is 139 cm³/mol. The largest absolute Gasteiger partial charge is 0.435 e. The number of carbonyl (C=O) groups excluding carboxylic acids is 1. The summed E-state index contributed by atoms with van der Waals surface area (Å²) >= 11 is 0. The first-order valence-electron chi connectivity index (χ1n) is 12.8. The number of sulfone groups is 1. The van der Waals surface area contributed by atoms with Gasteiger partial charge in [-0.1, -0.05) is 30.3 Å². The molecule has 7 nitrogen and oxygen atoms in total. The summed E-state index contributed by atoms with van der Waals surface area (Å²) in [6.45, 7) is 1.09. The second-order valence-corrected chi connectivity index (χ2v) is 14.4. The lowest BCUT2D eigenvalue weighted by atomic mass is 9.94. The van der Waals surface area contributed by atoms with Crippen LogP contribution in [0.4, 0.5) is 35.1 Å². The van der Waals surface area contributed by atoms with Gasteiger partial charge in [-0.25, -0.2) is 29.9 Å². The van der Waals surface area contributed by atoms with Gasteiger partial charge < -0.3 is 4.90 Å². The monoisotopic (exact) mass is 664 g/mol. The standard InChI is InChI=1S/C17H23FN2O5S2.C9H5F7/c1-26(22,23)20-10-6-13(7-11-20)17(21)19-9-8-16(12-19)27(24,25)15-4-2-14(18)3-5-15;10-7(8(11,12)13,9(14,15)16)6-4-2-1-3-5-6/h2-5,13,16H,6-12H2,1H3;1-5H. The lowest BCUT2D eigenvalue weighted by Gasteiger charge is -2.31. The molecule has 0 aromatic heterocycles. The molecule has 2 heterocycles. The number of likely N-dealkylation sites (tertiary alicyclic amines) is 1. The predicted octanol–water partition coefficient (Wildman–Crippen LogP) is 4.85. The number of rotatable bonds is 5. The number of benzene rings is 2. The molecule has 240 valence electrons. The number of halogens is 8. The highest BCUT2D eigenvalue weighted by Gasteiger charge is 2.73. The summed E-state index contributed by atoms with van der Waals surface area (Å²) in [5, 5.41) is -0.706. The van der Waals surface area contributed by atoms with Crippen molar-refractivity contribution in [2.45, 2.75) is 47.4 Å². The van der Waals surface area contributed by atoms with Crippen LogP contribution in [-0.4, -0.2) is 82.0 Å². The quantitative estimate of drug-likeness (QED) is 0.337. The van der Waals surface area contributed by atoms with Crippen LogP contribution < -0.4 is 0 Å². The first-order valence-corrected chi connectivity index (χ1v) is 16.2. The summed E-state index contributed by atoms with van der Waals surface area (Å²) in [5.74, 6) is -0.896. The summed E-state index contributed by atoms with van der Waals surface area (Å²) in [6, 6.07) is 8.60. The summed E-state index contributed by atoms with van der Waals surface area (Å²) < 4.78 is 149. The molecule has 2 aliphatic rings. The molecule has 2 aromatic carbocycles. The van der Waals surface area contributed by atoms with Crippen LogP contribution in [0.2, 0.25) is 0 Å². The maximum absolute atomic E-state index is 13.3. The lowest BCUT2D eigenvalue weighted by Crippen LogP contribution is -2.50. The fourth-order valence-corrected chi connectivity index (χ4v) is 7.41. The minimum atomic E-state index is -6.05. The molecule has 43 heavy (non-hydrogen) atoms. The van der Waals surface area contributed by atoms with E-state index in [1.807, 2.05) is 0 Å². The Bertz CT molecular complexity index is 1460. The van der Waals surface area contributed by atoms with E-state index in [9.17, 15) is 56.8 Å². The van der Waals surface area contributed by atoms with Gasteiger partial charge in [0, 0.05) is 37.7 Å². The summed E-state index contributed by atoms with van der Waals surface area (Å²) in [4.78, 5) is 14.3. The smallest absolute Gasteiger partial charge is 0.341 e. The van der Waals surface area contributed by atoms with Gasteiger partial charge in [-0.3, -0.25) is 4.79 Å². The molecule has 1 atom stereocenters. The molecule has 2 fully saturated rings. The Morgan fingerprint density at radius 3 is 1.74 bits per heavy atom. The molecule has 2 aromatic rings. The number of sulfonamides is 1. The SMILES string of the molecule is CS(=O)(=O)N1CCC(C(=O)N2CCC(S(=O)(=O)c3ccc(F)cc3)C2)CC1.FC(F)(F)C(F)(c1ccccc1)C(F)(F)F. The van der Waals surface area contributed by atoms with Crippen molar-refractivity contribution >= 4 is 25.8 Å². The van der Waals surface area contributed by atoms with Gasteiger partial charge in [0.1, 0.15) is 5.82 Å². The van der Waals surface area contributed by atoms with E-state index >= 15 is 0 Å². The van der Waals surface area contributed by atoms with Crippen LogP contribution in [-0.2, 0) is 30.3 Å². The van der Waals surface area contributed by atoms with E-state index in [2.05, 4.69) is 0 Å². The molecule has 2 saturated heterocycles. The molecule has 2 aliphatic heterocycles. The number of nitrogens with zero attached hydrogens (tertiary/aromatic N) is 2. The highest BCUT2D eigenvalue weighted by Crippen LogP contribution is 2.53. The van der Waals surface area contributed by atoms with Gasteiger partial charge in [0.05, 0.1) is 16.4 Å². The Labute approximate surface area is 243 Å². The molecule has 4 rings (SSSR count). The van der Waals surface area contributed by atoms with Gasteiger partial charge in [-0.2, -0.15) is 26.3 Å². The van der Waals surface area contributed by atoms with Crippen LogP contribution in [0.15, 0.2) is 59.5 Å². The first-order chi connectivity index (χ1) is 19.7. The zero-order valence-corrected chi connectivity index (χ0v) is 24.2. The minimum Gasteiger partial charge on any atom is -0.341 e. The van der Waals surface area contributed by atoms with Crippen molar-refractivity contribution in [3.63, 3.8) is 0 Å². The van der Waals surface area contributed by atoms with E-state index in [0.29, 0.717) is 51.0 Å². The van der Waals surface area contributed by atoms with E-state index in [1.54, 1.807) is 4.90 Å². The maximum atomic E-state index is 13.3. The van der Waals surface area contributed by atoms with Gasteiger partial charge >= 0.3 is 18.0 Å². The third-order valence-corrected chi connectivity index (χ3v) is 10.8. The molecule has 0 bridgehead atoms. The topological polar surface area (TPSA) is 91.8 Å². The van der Waals surface area contributed by atoms with E-state index in [1.165, 1.54) is 22.5 Å². The Hall–Kier alpha value is -2.79. The molecule has 1 amide bonds. The lowest BCUT2D eigenvalue weighted by molar-refractivity contribution is -0.348. The highest BCUT2D eigenvalue weighted by atomic mass is 32.2. The number of alkyl halides is 7. The summed E-state index contributed by atoms with van der Waals surface area (Å²) in [6.07, 6.45) is -9.72. The van der Waals surface area contributed by atoms with Crippen molar-refractivity contribution < 1.29 is 56.8 Å². The first kappa shape index (κ1) is 34.7. The molecule has 0 radical (unpaired) electrons. The van der Waals surface area contributed by atoms with E-state index in [0.717, 1.165) is 30.5 Å². The molecule has 0 aliphatic carbocycles. The molecular formula is C26H28F8N2O5S2. The number of piperidine rings is 1. The van der Waals surface area contributed by atoms with Crippen LogP contribution in [0.3, 0.4) is 0 Å². The second-order valence-electron chi connectivity index (χ2n) is 10.2. The Kier molecular flexibility index (Phi) is 10.2. The van der Waals surface area contributed by atoms with Crippen LogP contribution in [0.5, 0.6) is 0 Å². The second kappa shape index (κ2) is 12.7. The molecule has 1 unspecified atom stereocenters. The van der Waals surface area contributed by atoms with Crippen molar-refractivity contribution in [1.82, 2.24) is 9.21 Å². The average molecular weight is 665 g/mol. The fourth-order valence-electron chi connectivity index (χ4n) is 4.85. The molecule has 0 spiro atoms. The number of carbonyl (C=O) groups is 1. The average Bonchev–Trinajstić information content (AvgIpc) is 3.43. The number of amides is 1. The van der Waals surface area contributed by atoms with Gasteiger partial charge in [-0.05, 0) is 43.5 Å². The summed E-state index contributed by atoms with van der Waals surface area (Å²) in [7, 11) is -6.88. The van der Waals surface area contributed by atoms with Crippen molar-refractivity contribution in [3.8, 4) is 0 Å². The van der Waals surface area contributed by atoms with Gasteiger partial charge in [-0.15, -0.1) is 0 Å². The third-order valence-electron chi connectivity index (χ3n) is 7.26. The normalized spacial score (nSPS) is 19.6. The number of hydrogen-bond acceptors (Lipinski definition) is 5. The maximum Gasteiger partial charge on any atom is 0.435 e.